The van der Waals surface area contributed by atoms with Gasteiger partial charge in [-0.15, -0.1) is 0 Å². The third-order valence-electron chi connectivity index (χ3n) is 1.77. The Kier molecular flexibility index (Phi) is 3.39. The van der Waals surface area contributed by atoms with E-state index in [2.05, 4.69) is 0 Å². The lowest BCUT2D eigenvalue weighted by atomic mass is 10.3. The summed E-state index contributed by atoms with van der Waals surface area (Å²) in [5.74, 6) is -2.43. The minimum absolute atomic E-state index is 0.403. The molecule has 0 heterocycles. The number of hydrogen-bond acceptors (Lipinski definition) is 4. The van der Waals surface area contributed by atoms with Gasteiger partial charge in [0.15, 0.2) is 6.10 Å². The molecule has 1 aromatic rings. The molecule has 0 aliphatic rings. The van der Waals surface area contributed by atoms with Crippen molar-refractivity contribution >= 4 is 11.7 Å². The molecule has 0 aliphatic heterocycles. The van der Waals surface area contributed by atoms with Crippen molar-refractivity contribution in [1.82, 2.24) is 0 Å². The van der Waals surface area contributed by atoms with Crippen LogP contribution in [0.1, 0.15) is 6.92 Å². The Morgan fingerprint density at radius 3 is 2.75 bits per heavy atom. The van der Waals surface area contributed by atoms with E-state index in [1.165, 1.54) is 6.92 Å². The van der Waals surface area contributed by atoms with Crippen LogP contribution in [0.5, 0.6) is 5.75 Å². The van der Waals surface area contributed by atoms with Crippen molar-refractivity contribution in [2.45, 2.75) is 13.0 Å². The average Bonchev–Trinajstić information content (AvgIpc) is 2.16. The van der Waals surface area contributed by atoms with Gasteiger partial charge in [-0.3, -0.25) is 10.1 Å². The molecular formula is C9H8FNO5. The van der Waals surface area contributed by atoms with Gasteiger partial charge < -0.3 is 9.84 Å². The van der Waals surface area contributed by atoms with E-state index in [9.17, 15) is 19.3 Å². The molecule has 0 bridgehead atoms. The summed E-state index contributed by atoms with van der Waals surface area (Å²) in [5, 5.41) is 19.1. The van der Waals surface area contributed by atoms with Crippen LogP contribution in [0.2, 0.25) is 0 Å². The first-order chi connectivity index (χ1) is 7.41. The molecule has 1 aromatic carbocycles. The fourth-order valence-electron chi connectivity index (χ4n) is 0.974. The summed E-state index contributed by atoms with van der Waals surface area (Å²) in [6.07, 6.45) is -1.29. The third kappa shape index (κ3) is 2.66. The van der Waals surface area contributed by atoms with Crippen LogP contribution in [-0.2, 0) is 4.79 Å². The lowest BCUT2D eigenvalue weighted by molar-refractivity contribution is -0.386. The first-order valence-corrected chi connectivity index (χ1v) is 4.25. The molecule has 0 aromatic heterocycles. The number of carboxylic acids is 1. The summed E-state index contributed by atoms with van der Waals surface area (Å²) in [5.41, 5.74) is -0.477. The second-order valence-corrected chi connectivity index (χ2v) is 2.97. The van der Waals surface area contributed by atoms with Gasteiger partial charge in [0.2, 0.25) is 5.75 Å². The molecule has 7 heteroatoms. The lowest BCUT2D eigenvalue weighted by Gasteiger charge is -2.10. The van der Waals surface area contributed by atoms with Crippen LogP contribution in [0.15, 0.2) is 18.2 Å². The summed E-state index contributed by atoms with van der Waals surface area (Å²) in [7, 11) is 0. The number of carboxylic acid groups (broad SMARTS) is 1. The minimum atomic E-state index is -1.29. The second kappa shape index (κ2) is 4.56. The number of nitrogens with zero attached hydrogens (tertiary/aromatic N) is 1. The van der Waals surface area contributed by atoms with E-state index < -0.39 is 34.3 Å². The van der Waals surface area contributed by atoms with Crippen molar-refractivity contribution in [2.75, 3.05) is 0 Å². The largest absolute Gasteiger partial charge is 0.479 e. The fraction of sp³-hybridized carbons (Fsp3) is 0.222. The molecule has 0 aliphatic carbocycles. The summed E-state index contributed by atoms with van der Waals surface area (Å²) in [6.45, 7) is 1.19. The molecule has 6 nitrogen and oxygen atoms in total. The van der Waals surface area contributed by atoms with Gasteiger partial charge >= 0.3 is 11.7 Å². The molecule has 1 N–H and O–H groups in total. The van der Waals surface area contributed by atoms with Crippen molar-refractivity contribution < 1.29 is 24.0 Å². The van der Waals surface area contributed by atoms with E-state index in [1.54, 1.807) is 0 Å². The molecule has 86 valence electrons. The minimum Gasteiger partial charge on any atom is -0.479 e. The highest BCUT2D eigenvalue weighted by Crippen LogP contribution is 2.28. The highest BCUT2D eigenvalue weighted by molar-refractivity contribution is 5.72. The monoisotopic (exact) mass is 229 g/mol. The molecule has 16 heavy (non-hydrogen) atoms. The van der Waals surface area contributed by atoms with Gasteiger partial charge in [-0.05, 0) is 13.0 Å². The molecule has 0 fully saturated rings. The number of nitro groups is 1. The molecule has 0 saturated carbocycles. The molecule has 0 saturated heterocycles. The molecular weight excluding hydrogens is 221 g/mol. The summed E-state index contributed by atoms with van der Waals surface area (Å²) in [6, 6.07) is 2.59. The summed E-state index contributed by atoms with van der Waals surface area (Å²) >= 11 is 0. The van der Waals surface area contributed by atoms with Gasteiger partial charge in [-0.1, -0.05) is 0 Å². The van der Waals surface area contributed by atoms with Crippen LogP contribution < -0.4 is 4.74 Å². The topological polar surface area (TPSA) is 89.7 Å². The Hall–Kier alpha value is -2.18. The van der Waals surface area contributed by atoms with Crippen molar-refractivity contribution in [3.8, 4) is 5.75 Å². The number of benzene rings is 1. The number of rotatable bonds is 4. The maximum Gasteiger partial charge on any atom is 0.344 e. The van der Waals surface area contributed by atoms with Crippen LogP contribution in [0, 0.1) is 15.9 Å². The van der Waals surface area contributed by atoms with Crippen molar-refractivity contribution in [3.63, 3.8) is 0 Å². The van der Waals surface area contributed by atoms with Gasteiger partial charge in [-0.2, -0.15) is 0 Å². The van der Waals surface area contributed by atoms with E-state index in [4.69, 9.17) is 9.84 Å². The van der Waals surface area contributed by atoms with Gasteiger partial charge in [0.1, 0.15) is 5.82 Å². The fourth-order valence-corrected chi connectivity index (χ4v) is 0.974. The smallest absolute Gasteiger partial charge is 0.344 e. The van der Waals surface area contributed by atoms with Crippen LogP contribution >= 0.6 is 0 Å². The van der Waals surface area contributed by atoms with Gasteiger partial charge in [0, 0.05) is 12.1 Å². The number of nitro benzene ring substituents is 1. The Labute approximate surface area is 89.4 Å². The molecule has 0 amide bonds. The molecule has 1 unspecified atom stereocenters. The Morgan fingerprint density at radius 1 is 1.62 bits per heavy atom. The molecule has 1 rings (SSSR count). The van der Waals surface area contributed by atoms with Crippen LogP contribution in [0.4, 0.5) is 10.1 Å². The zero-order valence-corrected chi connectivity index (χ0v) is 8.21. The quantitative estimate of drug-likeness (QED) is 0.625. The maximum atomic E-state index is 12.8. The summed E-state index contributed by atoms with van der Waals surface area (Å²) in [4.78, 5) is 20.2. The van der Waals surface area contributed by atoms with Crippen LogP contribution in [0.25, 0.3) is 0 Å². The Morgan fingerprint density at radius 2 is 2.25 bits per heavy atom. The highest BCUT2D eigenvalue weighted by atomic mass is 19.1. The van der Waals surface area contributed by atoms with E-state index >= 15 is 0 Å². The summed E-state index contributed by atoms with van der Waals surface area (Å²) < 4.78 is 17.6. The number of hydrogen-bond donors (Lipinski definition) is 1. The van der Waals surface area contributed by atoms with Crippen LogP contribution in [-0.4, -0.2) is 22.1 Å². The van der Waals surface area contributed by atoms with Crippen molar-refractivity contribution in [3.05, 3.63) is 34.1 Å². The highest BCUT2D eigenvalue weighted by Gasteiger charge is 2.21. The lowest BCUT2D eigenvalue weighted by Crippen LogP contribution is -2.23. The third-order valence-corrected chi connectivity index (χ3v) is 1.77. The number of ether oxygens (including phenoxy) is 1. The van der Waals surface area contributed by atoms with Gasteiger partial charge in [-0.25, -0.2) is 9.18 Å². The predicted molar refractivity (Wildman–Crippen MR) is 50.8 cm³/mol. The van der Waals surface area contributed by atoms with Crippen molar-refractivity contribution in [1.29, 1.82) is 0 Å². The Bertz CT molecular complexity index is 434. The number of halogens is 1. The van der Waals surface area contributed by atoms with Gasteiger partial charge in [0.25, 0.3) is 0 Å². The standard InChI is InChI=1S/C9H8FNO5/c1-5(9(12)13)16-8-4-6(10)2-3-7(8)11(14)15/h2-5H,1H3,(H,12,13). The Balaban J connectivity index is 3.05. The molecule has 1 atom stereocenters. The van der Waals surface area contributed by atoms with Crippen LogP contribution in [0.3, 0.4) is 0 Å². The maximum absolute atomic E-state index is 12.8. The number of carbonyl (C=O) groups is 1. The second-order valence-electron chi connectivity index (χ2n) is 2.97. The van der Waals surface area contributed by atoms with Gasteiger partial charge in [0.05, 0.1) is 4.92 Å². The first-order valence-electron chi connectivity index (χ1n) is 4.25. The number of aliphatic carboxylic acids is 1. The normalized spacial score (nSPS) is 11.9. The predicted octanol–water partition coefficient (Wildman–Crippen LogP) is 1.59. The van der Waals surface area contributed by atoms with E-state index in [0.717, 1.165) is 18.2 Å². The first kappa shape index (κ1) is 11.9. The molecule has 0 radical (unpaired) electrons. The van der Waals surface area contributed by atoms with E-state index in [0.29, 0.717) is 0 Å². The zero-order chi connectivity index (χ0) is 12.3. The average molecular weight is 229 g/mol. The molecule has 0 spiro atoms. The van der Waals surface area contributed by atoms with E-state index in [-0.39, 0.29) is 0 Å². The SMILES string of the molecule is CC(Oc1cc(F)ccc1[N+](=O)[O-])C(=O)O. The van der Waals surface area contributed by atoms with Crippen molar-refractivity contribution in [2.24, 2.45) is 0 Å². The van der Waals surface area contributed by atoms with E-state index in [1.807, 2.05) is 0 Å². The zero-order valence-electron chi connectivity index (χ0n) is 8.21.